The summed E-state index contributed by atoms with van der Waals surface area (Å²) in [5.41, 5.74) is 10.2. The molecule has 1 heterocycles. The zero-order chi connectivity index (χ0) is 15.0. The van der Waals surface area contributed by atoms with E-state index in [1.165, 1.54) is 0 Å². The van der Waals surface area contributed by atoms with Gasteiger partial charge in [-0.05, 0) is 42.8 Å². The highest BCUT2D eigenvalue weighted by Crippen LogP contribution is 2.25. The quantitative estimate of drug-likeness (QED) is 0.737. The fourth-order valence-corrected chi connectivity index (χ4v) is 2.34. The second kappa shape index (κ2) is 4.66. The Kier molecular flexibility index (Phi) is 2.82. The summed E-state index contributed by atoms with van der Waals surface area (Å²) in [6, 6.07) is 14.9. The molecule has 5 nitrogen and oxygen atoms in total. The second-order valence-electron chi connectivity index (χ2n) is 4.75. The third-order valence-corrected chi connectivity index (χ3v) is 3.34. The summed E-state index contributed by atoms with van der Waals surface area (Å²) in [6.07, 6.45) is 0. The minimum Gasteiger partial charge on any atom is -0.369 e. The smallest absolute Gasteiger partial charge is 0.205 e. The van der Waals surface area contributed by atoms with Gasteiger partial charge in [0.1, 0.15) is 12.1 Å². The zero-order valence-corrected chi connectivity index (χ0v) is 11.3. The molecule has 21 heavy (non-hydrogen) atoms. The summed E-state index contributed by atoms with van der Waals surface area (Å²) >= 11 is 0. The molecule has 3 rings (SSSR count). The van der Waals surface area contributed by atoms with Gasteiger partial charge in [-0.15, -0.1) is 0 Å². The Morgan fingerprint density at radius 2 is 1.81 bits per heavy atom. The van der Waals surface area contributed by atoms with Crippen molar-refractivity contribution in [3.05, 3.63) is 53.1 Å². The van der Waals surface area contributed by atoms with Crippen LogP contribution in [0.15, 0.2) is 36.4 Å². The van der Waals surface area contributed by atoms with E-state index in [1.54, 1.807) is 22.8 Å². The van der Waals surface area contributed by atoms with Gasteiger partial charge in [-0.3, -0.25) is 4.57 Å². The summed E-state index contributed by atoms with van der Waals surface area (Å²) < 4.78 is 1.77. The van der Waals surface area contributed by atoms with E-state index in [1.807, 2.05) is 37.3 Å². The van der Waals surface area contributed by atoms with Crippen molar-refractivity contribution < 1.29 is 0 Å². The molecule has 100 valence electrons. The number of hydrogen-bond acceptors (Lipinski definition) is 4. The number of rotatable bonds is 1. The molecule has 0 spiro atoms. The standard InChI is InChI=1S/C16H11N5/c1-10-2-5-15-14(6-10)20-16(19)21(15)13-4-3-11(8-17)12(7-13)9-18/h2-7H,1H3,(H2,19,20). The molecule has 0 aliphatic rings. The first-order valence-corrected chi connectivity index (χ1v) is 6.33. The number of fused-ring (bicyclic) bond motifs is 1. The van der Waals surface area contributed by atoms with E-state index in [2.05, 4.69) is 4.98 Å². The molecule has 0 amide bonds. The number of hydrogen-bond donors (Lipinski definition) is 1. The Hall–Kier alpha value is -3.31. The van der Waals surface area contributed by atoms with Crippen LogP contribution in [0.25, 0.3) is 16.7 Å². The number of nitrogens with two attached hydrogens (primary N) is 1. The van der Waals surface area contributed by atoms with E-state index >= 15 is 0 Å². The zero-order valence-electron chi connectivity index (χ0n) is 11.3. The molecule has 0 radical (unpaired) electrons. The van der Waals surface area contributed by atoms with Crippen LogP contribution in [0, 0.1) is 29.6 Å². The van der Waals surface area contributed by atoms with Crippen molar-refractivity contribution in [2.75, 3.05) is 5.73 Å². The molecular weight excluding hydrogens is 262 g/mol. The number of nitriles is 2. The van der Waals surface area contributed by atoms with Gasteiger partial charge in [0.15, 0.2) is 0 Å². The second-order valence-corrected chi connectivity index (χ2v) is 4.75. The van der Waals surface area contributed by atoms with E-state index in [9.17, 15) is 0 Å². The van der Waals surface area contributed by atoms with Gasteiger partial charge in [0, 0.05) is 0 Å². The monoisotopic (exact) mass is 273 g/mol. The molecule has 5 heteroatoms. The predicted octanol–water partition coefficient (Wildman–Crippen LogP) is 2.66. The third-order valence-electron chi connectivity index (χ3n) is 3.34. The number of anilines is 1. The molecule has 3 aromatic rings. The lowest BCUT2D eigenvalue weighted by Gasteiger charge is -2.07. The van der Waals surface area contributed by atoms with Gasteiger partial charge >= 0.3 is 0 Å². The molecule has 1 aromatic heterocycles. The van der Waals surface area contributed by atoms with Crippen LogP contribution in [-0.4, -0.2) is 9.55 Å². The normalized spacial score (nSPS) is 10.2. The maximum Gasteiger partial charge on any atom is 0.205 e. The van der Waals surface area contributed by atoms with Crippen LogP contribution in [0.1, 0.15) is 16.7 Å². The predicted molar refractivity (Wildman–Crippen MR) is 79.6 cm³/mol. The van der Waals surface area contributed by atoms with Gasteiger partial charge in [-0.25, -0.2) is 4.98 Å². The Bertz CT molecular complexity index is 938. The summed E-state index contributed by atoms with van der Waals surface area (Å²) in [4.78, 5) is 4.34. The molecule has 0 aliphatic carbocycles. The molecule has 0 aliphatic heterocycles. The first-order chi connectivity index (χ1) is 10.1. The van der Waals surface area contributed by atoms with Crippen molar-refractivity contribution in [2.24, 2.45) is 0 Å². The minimum absolute atomic E-state index is 0.323. The molecule has 0 saturated heterocycles. The molecule has 0 unspecified atom stereocenters. The highest BCUT2D eigenvalue weighted by Gasteiger charge is 2.12. The van der Waals surface area contributed by atoms with Gasteiger partial charge in [0.25, 0.3) is 0 Å². The molecule has 0 bridgehead atoms. The summed E-state index contributed by atoms with van der Waals surface area (Å²) in [5, 5.41) is 18.1. The van der Waals surface area contributed by atoms with Crippen molar-refractivity contribution in [3.8, 4) is 17.8 Å². The Morgan fingerprint density at radius 1 is 1.05 bits per heavy atom. The average molecular weight is 273 g/mol. The largest absolute Gasteiger partial charge is 0.369 e. The molecular formula is C16H11N5. The summed E-state index contributed by atoms with van der Waals surface area (Å²) in [6.45, 7) is 1.99. The maximum absolute atomic E-state index is 9.13. The average Bonchev–Trinajstić information content (AvgIpc) is 2.81. The van der Waals surface area contributed by atoms with Crippen molar-refractivity contribution >= 4 is 17.0 Å². The summed E-state index contributed by atoms with van der Waals surface area (Å²) in [7, 11) is 0. The number of aromatic nitrogens is 2. The first kappa shape index (κ1) is 12.7. The lowest BCUT2D eigenvalue weighted by Crippen LogP contribution is -2.01. The van der Waals surface area contributed by atoms with Crippen molar-refractivity contribution in [1.82, 2.24) is 9.55 Å². The number of nitrogens with zero attached hydrogens (tertiary/aromatic N) is 4. The highest BCUT2D eigenvalue weighted by molar-refractivity contribution is 5.81. The van der Waals surface area contributed by atoms with Crippen LogP contribution in [0.2, 0.25) is 0 Å². The number of aryl methyl sites for hydroxylation is 1. The van der Waals surface area contributed by atoms with Crippen LogP contribution in [0.3, 0.4) is 0 Å². The molecule has 0 atom stereocenters. The number of nitrogen functional groups attached to an aromatic ring is 1. The van der Waals surface area contributed by atoms with Gasteiger partial charge < -0.3 is 5.73 Å². The van der Waals surface area contributed by atoms with Crippen LogP contribution in [0.5, 0.6) is 0 Å². The van der Waals surface area contributed by atoms with E-state index in [-0.39, 0.29) is 0 Å². The fraction of sp³-hybridized carbons (Fsp3) is 0.0625. The Labute approximate surface area is 121 Å². The fourth-order valence-electron chi connectivity index (χ4n) is 2.34. The minimum atomic E-state index is 0.323. The van der Waals surface area contributed by atoms with Crippen molar-refractivity contribution in [1.29, 1.82) is 10.5 Å². The van der Waals surface area contributed by atoms with Gasteiger partial charge in [0.2, 0.25) is 5.95 Å². The van der Waals surface area contributed by atoms with Crippen molar-refractivity contribution in [2.45, 2.75) is 6.92 Å². The topological polar surface area (TPSA) is 91.4 Å². The molecule has 2 N–H and O–H groups in total. The van der Waals surface area contributed by atoms with Gasteiger partial charge in [0.05, 0.1) is 27.8 Å². The highest BCUT2D eigenvalue weighted by atomic mass is 15.2. The number of benzene rings is 2. The Morgan fingerprint density at radius 3 is 2.52 bits per heavy atom. The lowest BCUT2D eigenvalue weighted by atomic mass is 10.1. The lowest BCUT2D eigenvalue weighted by molar-refractivity contribution is 1.11. The van der Waals surface area contributed by atoms with Crippen LogP contribution < -0.4 is 5.73 Å². The van der Waals surface area contributed by atoms with Crippen molar-refractivity contribution in [3.63, 3.8) is 0 Å². The van der Waals surface area contributed by atoms with E-state index in [4.69, 9.17) is 16.3 Å². The number of imidazole rings is 1. The first-order valence-electron chi connectivity index (χ1n) is 6.33. The van der Waals surface area contributed by atoms with E-state index in [0.29, 0.717) is 17.1 Å². The summed E-state index contributed by atoms with van der Waals surface area (Å²) in [5.74, 6) is 0.351. The van der Waals surface area contributed by atoms with E-state index < -0.39 is 0 Å². The van der Waals surface area contributed by atoms with Crippen LogP contribution >= 0.6 is 0 Å². The Balaban J connectivity index is 2.29. The molecule has 0 fully saturated rings. The molecule has 2 aromatic carbocycles. The van der Waals surface area contributed by atoms with E-state index in [0.717, 1.165) is 22.3 Å². The molecule has 0 saturated carbocycles. The van der Waals surface area contributed by atoms with Gasteiger partial charge in [-0.1, -0.05) is 6.07 Å². The SMILES string of the molecule is Cc1ccc2c(c1)nc(N)n2-c1ccc(C#N)c(C#N)c1. The van der Waals surface area contributed by atoms with Crippen LogP contribution in [0.4, 0.5) is 5.95 Å². The maximum atomic E-state index is 9.13. The van der Waals surface area contributed by atoms with Crippen LogP contribution in [-0.2, 0) is 0 Å². The van der Waals surface area contributed by atoms with Gasteiger partial charge in [-0.2, -0.15) is 10.5 Å². The third kappa shape index (κ3) is 1.98.